The molecule has 1 aliphatic heterocycles. The van der Waals surface area contributed by atoms with Crippen molar-refractivity contribution in [2.75, 3.05) is 0 Å². The number of nitrogens with zero attached hydrogens (tertiary/aromatic N) is 2. The van der Waals surface area contributed by atoms with Crippen LogP contribution in [0.15, 0.2) is 23.5 Å². The molecule has 4 N–H and O–H groups in total. The van der Waals surface area contributed by atoms with E-state index in [9.17, 15) is 0 Å². The number of aromatic nitrogens is 1. The van der Waals surface area contributed by atoms with Crippen LogP contribution >= 0.6 is 12.4 Å². The summed E-state index contributed by atoms with van der Waals surface area (Å²) in [6.07, 6.45) is 2.25. The minimum Gasteiger partial charge on any atom is -0.471 e. The Morgan fingerprint density at radius 1 is 1.47 bits per heavy atom. The highest BCUT2D eigenvalue weighted by molar-refractivity contribution is 6.03. The molecule has 1 aromatic rings. The van der Waals surface area contributed by atoms with Gasteiger partial charge in [0.1, 0.15) is 5.60 Å². The van der Waals surface area contributed by atoms with Crippen molar-refractivity contribution in [2.45, 2.75) is 25.9 Å². The third-order valence-corrected chi connectivity index (χ3v) is 2.17. The van der Waals surface area contributed by atoms with Gasteiger partial charge in [0.05, 0.1) is 11.3 Å². The highest BCUT2D eigenvalue weighted by atomic mass is 35.5. The van der Waals surface area contributed by atoms with Gasteiger partial charge in [0, 0.05) is 12.6 Å². The molecule has 2 rings (SSSR count). The molecule has 0 bridgehead atoms. The molecule has 17 heavy (non-hydrogen) atoms. The number of hydrogen-bond acceptors (Lipinski definition) is 6. The number of ether oxygens (including phenoxy) is 1. The first kappa shape index (κ1) is 15.6. The van der Waals surface area contributed by atoms with Gasteiger partial charge < -0.3 is 15.2 Å². The summed E-state index contributed by atoms with van der Waals surface area (Å²) < 4.78 is 5.65. The van der Waals surface area contributed by atoms with E-state index in [0.29, 0.717) is 18.0 Å². The molecule has 96 valence electrons. The Morgan fingerprint density at radius 3 is 2.71 bits per heavy atom. The lowest BCUT2D eigenvalue weighted by Gasteiger charge is -2.31. The molecule has 1 aliphatic rings. The lowest BCUT2D eigenvalue weighted by Crippen LogP contribution is -2.36. The fourth-order valence-corrected chi connectivity index (χ4v) is 1.58. The van der Waals surface area contributed by atoms with E-state index in [0.717, 1.165) is 5.56 Å². The van der Waals surface area contributed by atoms with E-state index in [-0.39, 0.29) is 18.0 Å². The zero-order valence-electron chi connectivity index (χ0n) is 9.62. The molecule has 0 fully saturated rings. The van der Waals surface area contributed by atoms with Crippen LogP contribution in [0.2, 0.25) is 0 Å². The summed E-state index contributed by atoms with van der Waals surface area (Å²) >= 11 is 0. The lowest BCUT2D eigenvalue weighted by atomic mass is 9.94. The average Bonchev–Trinajstić information content (AvgIpc) is 2.29. The highest BCUT2D eigenvalue weighted by Gasteiger charge is 2.32. The summed E-state index contributed by atoms with van der Waals surface area (Å²) in [6, 6.07) is 3.64. The Balaban J connectivity index is 0.000000811. The Morgan fingerprint density at radius 2 is 2.12 bits per heavy atom. The second-order valence-electron chi connectivity index (χ2n) is 3.94. The van der Waals surface area contributed by atoms with Crippen molar-refractivity contribution in [2.24, 2.45) is 11.1 Å². The van der Waals surface area contributed by atoms with Crippen LogP contribution in [0.25, 0.3) is 0 Å². The molecule has 0 atom stereocenters. The van der Waals surface area contributed by atoms with Crippen LogP contribution < -0.4 is 10.6 Å². The number of nitrogens with two attached hydrogens (primary N) is 1. The zero-order chi connectivity index (χ0) is 12.2. The van der Waals surface area contributed by atoms with Crippen molar-refractivity contribution < 1.29 is 15.2 Å². The predicted octanol–water partition coefficient (Wildman–Crippen LogP) is 1.58. The van der Waals surface area contributed by atoms with Crippen molar-refractivity contribution in [3.63, 3.8) is 0 Å². The molecule has 2 heterocycles. The number of oxime groups is 1. The highest BCUT2D eigenvalue weighted by Crippen LogP contribution is 2.30. The average molecular weight is 262 g/mol. The predicted molar refractivity (Wildman–Crippen MR) is 65.1 cm³/mol. The maximum atomic E-state index is 8.87. The van der Waals surface area contributed by atoms with Crippen LogP contribution in [-0.2, 0) is 0 Å². The largest absolute Gasteiger partial charge is 0.471 e. The fraction of sp³-hybridized carbons (Fsp3) is 0.400. The van der Waals surface area contributed by atoms with E-state index in [4.69, 9.17) is 15.2 Å². The quantitative estimate of drug-likeness (QED) is 0.486. The van der Waals surface area contributed by atoms with Gasteiger partial charge in [0.25, 0.3) is 0 Å². The topological polar surface area (TPSA) is 101 Å². The third-order valence-electron chi connectivity index (χ3n) is 2.17. The van der Waals surface area contributed by atoms with Crippen molar-refractivity contribution in [3.8, 4) is 5.88 Å². The van der Waals surface area contributed by atoms with Gasteiger partial charge in [-0.2, -0.15) is 0 Å². The van der Waals surface area contributed by atoms with Crippen LogP contribution in [0.3, 0.4) is 0 Å². The summed E-state index contributed by atoms with van der Waals surface area (Å²) in [4.78, 5) is 4.10. The van der Waals surface area contributed by atoms with Gasteiger partial charge >= 0.3 is 0 Å². The van der Waals surface area contributed by atoms with Gasteiger partial charge in [-0.3, -0.25) is 0 Å². The Kier molecular flexibility index (Phi) is 5.87. The van der Waals surface area contributed by atoms with Gasteiger partial charge in [0.15, 0.2) is 0 Å². The number of halogens is 1. The molecular formula is C10H16ClN3O3. The summed E-state index contributed by atoms with van der Waals surface area (Å²) in [5, 5.41) is 18.7. The smallest absolute Gasteiger partial charge is 0.223 e. The Labute approximate surface area is 105 Å². The number of rotatable bonds is 0. The molecular weight excluding hydrogens is 246 g/mol. The fourth-order valence-electron chi connectivity index (χ4n) is 1.58. The van der Waals surface area contributed by atoms with E-state index in [1.807, 2.05) is 19.9 Å². The van der Waals surface area contributed by atoms with Crippen molar-refractivity contribution in [3.05, 3.63) is 23.9 Å². The molecule has 0 amide bonds. The number of fused-ring (bicyclic) bond motifs is 1. The minimum atomic E-state index is -0.358. The van der Waals surface area contributed by atoms with Crippen molar-refractivity contribution in [1.29, 1.82) is 0 Å². The molecule has 0 saturated heterocycles. The first-order valence-electron chi connectivity index (χ1n) is 4.73. The van der Waals surface area contributed by atoms with E-state index in [1.54, 1.807) is 12.3 Å². The zero-order valence-corrected chi connectivity index (χ0v) is 10.4. The van der Waals surface area contributed by atoms with Gasteiger partial charge in [-0.05, 0) is 26.0 Å². The molecule has 1 aromatic heterocycles. The minimum absolute atomic E-state index is 0. The van der Waals surface area contributed by atoms with Crippen LogP contribution in [0.5, 0.6) is 5.88 Å². The van der Waals surface area contributed by atoms with E-state index in [2.05, 4.69) is 16.0 Å². The monoisotopic (exact) mass is 261 g/mol. The lowest BCUT2D eigenvalue weighted by molar-refractivity contribution is 0.103. The van der Waals surface area contributed by atoms with Gasteiger partial charge in [-0.1, -0.05) is 5.16 Å². The molecule has 7 heteroatoms. The van der Waals surface area contributed by atoms with E-state index < -0.39 is 0 Å². The standard InChI is InChI=1S/C10H12N2O2.ClH.H3NO/c1-10(2)6-8(12-13)7-4-3-5-11-9(7)14-10;;1-2/h3-5,13H,6H2,1-2H3;1H;2H,1H2/b12-8+;;. The maximum absolute atomic E-state index is 8.87. The normalized spacial score (nSPS) is 18.0. The van der Waals surface area contributed by atoms with E-state index in [1.165, 1.54) is 0 Å². The molecule has 0 aliphatic carbocycles. The molecule has 6 nitrogen and oxygen atoms in total. The molecule has 0 unspecified atom stereocenters. The second-order valence-corrected chi connectivity index (χ2v) is 3.94. The molecule has 0 aromatic carbocycles. The molecule has 0 spiro atoms. The van der Waals surface area contributed by atoms with Crippen LogP contribution in [0.1, 0.15) is 25.8 Å². The Bertz CT molecular complexity index is 396. The van der Waals surface area contributed by atoms with Crippen molar-refractivity contribution >= 4 is 18.1 Å². The molecule has 0 saturated carbocycles. The Hall–Kier alpha value is -1.37. The SMILES string of the molecule is CC1(C)C/C(=N\O)c2cccnc2O1.Cl.NO. The summed E-state index contributed by atoms with van der Waals surface area (Å²) in [7, 11) is 0. The van der Waals surface area contributed by atoms with Crippen LogP contribution in [-0.4, -0.2) is 26.7 Å². The third kappa shape index (κ3) is 3.55. The van der Waals surface area contributed by atoms with Gasteiger partial charge in [-0.25, -0.2) is 10.9 Å². The molecule has 0 radical (unpaired) electrons. The maximum Gasteiger partial charge on any atom is 0.223 e. The van der Waals surface area contributed by atoms with Crippen LogP contribution in [0, 0.1) is 0 Å². The van der Waals surface area contributed by atoms with Crippen molar-refractivity contribution in [1.82, 2.24) is 4.98 Å². The summed E-state index contributed by atoms with van der Waals surface area (Å²) in [5.74, 6) is 4.04. The number of pyridine rings is 1. The van der Waals surface area contributed by atoms with Crippen LogP contribution in [0.4, 0.5) is 0 Å². The summed E-state index contributed by atoms with van der Waals surface area (Å²) in [5.41, 5.74) is 1.04. The first-order chi connectivity index (χ1) is 7.62. The van der Waals surface area contributed by atoms with E-state index >= 15 is 0 Å². The number of hydrogen-bond donors (Lipinski definition) is 3. The van der Waals surface area contributed by atoms with Gasteiger partial charge in [0.2, 0.25) is 5.88 Å². The first-order valence-corrected chi connectivity index (χ1v) is 4.73. The summed E-state index contributed by atoms with van der Waals surface area (Å²) in [6.45, 7) is 3.88. The second kappa shape index (κ2) is 6.39. The van der Waals surface area contributed by atoms with Gasteiger partial charge in [-0.15, -0.1) is 12.4 Å².